The summed E-state index contributed by atoms with van der Waals surface area (Å²) in [5.74, 6) is -1.34. The zero-order valence-corrected chi connectivity index (χ0v) is 19.0. The third-order valence-electron chi connectivity index (χ3n) is 6.21. The lowest BCUT2D eigenvalue weighted by atomic mass is 10.0. The Morgan fingerprint density at radius 3 is 2.67 bits per heavy atom. The van der Waals surface area contributed by atoms with Crippen LogP contribution in [-0.4, -0.2) is 83.3 Å². The summed E-state index contributed by atoms with van der Waals surface area (Å²) < 4.78 is 42.9. The topological polar surface area (TPSA) is 98.8 Å². The largest absolute Gasteiger partial charge is 0.442 e. The Kier molecular flexibility index (Phi) is 7.03. The van der Waals surface area contributed by atoms with Crippen LogP contribution in [0.25, 0.3) is 0 Å². The first-order chi connectivity index (χ1) is 15.8. The summed E-state index contributed by atoms with van der Waals surface area (Å²) in [5.41, 5.74) is 0.868. The molecule has 11 heteroatoms. The zero-order chi connectivity index (χ0) is 23.6. The molecule has 1 aromatic carbocycles. The van der Waals surface area contributed by atoms with E-state index in [0.29, 0.717) is 43.9 Å². The molecule has 3 saturated heterocycles. The van der Waals surface area contributed by atoms with E-state index in [4.69, 9.17) is 23.7 Å². The number of hydrogen-bond acceptors (Lipinski definition) is 8. The van der Waals surface area contributed by atoms with Crippen molar-refractivity contribution in [2.24, 2.45) is 0 Å². The fourth-order valence-corrected chi connectivity index (χ4v) is 4.48. The molecule has 4 rings (SSSR count). The monoisotopic (exact) mass is 467 g/mol. The van der Waals surface area contributed by atoms with Gasteiger partial charge in [0, 0.05) is 47.1 Å². The number of nitrogens with zero attached hydrogens (tertiary/aromatic N) is 2. The molecule has 1 aromatic rings. The molecular formula is C22H30FN3O7. The molecule has 1 spiro atoms. The number of carbonyl (C=O) groups excluding carboxylic acids is 2. The number of methoxy groups -OCH3 is 2. The van der Waals surface area contributed by atoms with Crippen molar-refractivity contribution in [1.82, 2.24) is 5.32 Å². The second kappa shape index (κ2) is 9.80. The van der Waals surface area contributed by atoms with E-state index in [9.17, 15) is 9.59 Å². The quantitative estimate of drug-likeness (QED) is 0.604. The lowest BCUT2D eigenvalue weighted by molar-refractivity contribution is -0.222. The molecule has 182 valence electrons. The van der Waals surface area contributed by atoms with Crippen LogP contribution in [0.15, 0.2) is 18.2 Å². The van der Waals surface area contributed by atoms with Crippen molar-refractivity contribution in [3.63, 3.8) is 0 Å². The molecule has 3 heterocycles. The van der Waals surface area contributed by atoms with Crippen LogP contribution in [0.5, 0.6) is 0 Å². The van der Waals surface area contributed by atoms with Gasteiger partial charge in [-0.3, -0.25) is 9.69 Å². The van der Waals surface area contributed by atoms with Crippen molar-refractivity contribution in [2.45, 2.75) is 44.1 Å². The molecule has 0 radical (unpaired) electrons. The van der Waals surface area contributed by atoms with Crippen LogP contribution in [0, 0.1) is 5.82 Å². The van der Waals surface area contributed by atoms with Crippen LogP contribution < -0.4 is 15.1 Å². The number of hydrogen-bond donors (Lipinski definition) is 1. The summed E-state index contributed by atoms with van der Waals surface area (Å²) >= 11 is 0. The maximum Gasteiger partial charge on any atom is 0.414 e. The average molecular weight is 467 g/mol. The second-order valence-electron chi connectivity index (χ2n) is 8.39. The minimum atomic E-state index is -0.713. The van der Waals surface area contributed by atoms with Gasteiger partial charge in [0.25, 0.3) is 0 Å². The molecule has 3 aliphatic rings. The van der Waals surface area contributed by atoms with Crippen LogP contribution >= 0.6 is 0 Å². The van der Waals surface area contributed by atoms with Gasteiger partial charge in [-0.25, -0.2) is 9.18 Å². The molecular weight excluding hydrogens is 437 g/mol. The first kappa shape index (κ1) is 23.7. The molecule has 0 bridgehead atoms. The van der Waals surface area contributed by atoms with E-state index in [-0.39, 0.29) is 25.1 Å². The number of halogens is 1. The van der Waals surface area contributed by atoms with Crippen molar-refractivity contribution in [3.05, 3.63) is 24.0 Å². The first-order valence-corrected chi connectivity index (χ1v) is 11.0. The predicted molar refractivity (Wildman–Crippen MR) is 116 cm³/mol. The van der Waals surface area contributed by atoms with Crippen molar-refractivity contribution in [1.29, 1.82) is 0 Å². The standard InChI is InChI=1S/C22H30FN3O7/c1-14(27)24-11-16-12-26(21(28)32-16)15-4-5-18(17(23)10-15)25-8-6-22(7-9-25)31-13-19(33-22)20(29-2)30-3/h4-5,10,16,19-20H,6-9,11-13H2,1-3H3,(H,24,27). The van der Waals surface area contributed by atoms with Crippen molar-refractivity contribution < 1.29 is 37.7 Å². The normalized spacial score (nSPS) is 24.6. The van der Waals surface area contributed by atoms with E-state index in [1.54, 1.807) is 26.4 Å². The van der Waals surface area contributed by atoms with Gasteiger partial charge in [0.05, 0.1) is 31.1 Å². The van der Waals surface area contributed by atoms with E-state index in [1.807, 2.05) is 4.90 Å². The SMILES string of the molecule is COC(OC)C1COC2(CCN(c3ccc(N4CC(CNC(C)=O)OC4=O)cc3F)CC2)O1. The minimum Gasteiger partial charge on any atom is -0.442 e. The van der Waals surface area contributed by atoms with Gasteiger partial charge in [-0.2, -0.15) is 0 Å². The van der Waals surface area contributed by atoms with Crippen LogP contribution in [0.4, 0.5) is 20.6 Å². The highest BCUT2D eigenvalue weighted by Crippen LogP contribution is 2.38. The molecule has 0 aromatic heterocycles. The molecule has 33 heavy (non-hydrogen) atoms. The molecule has 0 aliphatic carbocycles. The van der Waals surface area contributed by atoms with Gasteiger partial charge in [-0.1, -0.05) is 0 Å². The lowest BCUT2D eigenvalue weighted by Crippen LogP contribution is -2.46. The Hall–Kier alpha value is -2.47. The van der Waals surface area contributed by atoms with Gasteiger partial charge in [0.1, 0.15) is 18.0 Å². The summed E-state index contributed by atoms with van der Waals surface area (Å²) in [6, 6.07) is 4.70. The van der Waals surface area contributed by atoms with Crippen molar-refractivity contribution in [3.8, 4) is 0 Å². The van der Waals surface area contributed by atoms with E-state index in [0.717, 1.165) is 0 Å². The number of piperidine rings is 1. The number of amides is 2. The number of anilines is 2. The zero-order valence-electron chi connectivity index (χ0n) is 19.0. The third kappa shape index (κ3) is 5.06. The second-order valence-corrected chi connectivity index (χ2v) is 8.39. The van der Waals surface area contributed by atoms with Gasteiger partial charge in [0.15, 0.2) is 12.1 Å². The maximum atomic E-state index is 15.0. The summed E-state index contributed by atoms with van der Waals surface area (Å²) in [4.78, 5) is 26.6. The summed E-state index contributed by atoms with van der Waals surface area (Å²) in [6.45, 7) is 3.34. The fraction of sp³-hybridized carbons (Fsp3) is 0.636. The molecule has 2 unspecified atom stereocenters. The Balaban J connectivity index is 1.36. The van der Waals surface area contributed by atoms with E-state index in [1.165, 1.54) is 17.9 Å². The van der Waals surface area contributed by atoms with Crippen LogP contribution in [0.1, 0.15) is 19.8 Å². The van der Waals surface area contributed by atoms with Gasteiger partial charge < -0.3 is 33.9 Å². The highest BCUT2D eigenvalue weighted by molar-refractivity contribution is 5.90. The van der Waals surface area contributed by atoms with Crippen LogP contribution in [0.2, 0.25) is 0 Å². The highest BCUT2D eigenvalue weighted by atomic mass is 19.1. The van der Waals surface area contributed by atoms with E-state index < -0.39 is 30.1 Å². The summed E-state index contributed by atoms with van der Waals surface area (Å²) in [6.07, 6.45) is -0.691. The molecule has 3 aliphatic heterocycles. The highest BCUT2D eigenvalue weighted by Gasteiger charge is 2.46. The van der Waals surface area contributed by atoms with Crippen molar-refractivity contribution >= 4 is 23.4 Å². The fourth-order valence-electron chi connectivity index (χ4n) is 4.48. The molecule has 1 N–H and O–H groups in total. The number of ether oxygens (including phenoxy) is 5. The van der Waals surface area contributed by atoms with Gasteiger partial charge in [-0.05, 0) is 18.2 Å². The number of benzene rings is 1. The smallest absolute Gasteiger partial charge is 0.414 e. The number of carbonyl (C=O) groups is 2. The van der Waals surface area contributed by atoms with E-state index >= 15 is 4.39 Å². The Labute approximate surface area is 191 Å². The number of nitrogens with one attached hydrogen (secondary N) is 1. The van der Waals surface area contributed by atoms with Gasteiger partial charge >= 0.3 is 6.09 Å². The van der Waals surface area contributed by atoms with E-state index in [2.05, 4.69) is 5.32 Å². The molecule has 10 nitrogen and oxygen atoms in total. The number of cyclic esters (lactones) is 1. The summed E-state index contributed by atoms with van der Waals surface area (Å²) in [5, 5.41) is 2.62. The predicted octanol–water partition coefficient (Wildman–Crippen LogP) is 1.62. The Morgan fingerprint density at radius 1 is 1.30 bits per heavy atom. The summed E-state index contributed by atoms with van der Waals surface area (Å²) in [7, 11) is 3.12. The third-order valence-corrected chi connectivity index (χ3v) is 6.21. The van der Waals surface area contributed by atoms with Gasteiger partial charge in [0.2, 0.25) is 5.91 Å². The molecule has 3 fully saturated rings. The molecule has 2 amide bonds. The molecule has 2 atom stereocenters. The van der Waals surface area contributed by atoms with Crippen LogP contribution in [0.3, 0.4) is 0 Å². The van der Waals surface area contributed by atoms with Crippen LogP contribution in [-0.2, 0) is 28.5 Å². The number of rotatable bonds is 7. The molecule has 0 saturated carbocycles. The lowest BCUT2D eigenvalue weighted by Gasteiger charge is -2.39. The van der Waals surface area contributed by atoms with Crippen molar-refractivity contribution in [2.75, 3.05) is 56.8 Å². The minimum absolute atomic E-state index is 0.204. The van der Waals surface area contributed by atoms with Gasteiger partial charge in [-0.15, -0.1) is 0 Å². The average Bonchev–Trinajstić information content (AvgIpc) is 3.38. The Bertz CT molecular complexity index is 874. The first-order valence-electron chi connectivity index (χ1n) is 11.0. The Morgan fingerprint density at radius 2 is 2.03 bits per heavy atom. The maximum absolute atomic E-state index is 15.0.